The molecular weight excluding hydrogens is 262 g/mol. The highest BCUT2D eigenvalue weighted by atomic mass is 16.5. The highest BCUT2D eigenvalue weighted by Crippen LogP contribution is 2.27. The van der Waals surface area contributed by atoms with Crippen LogP contribution in [0.4, 0.5) is 5.69 Å². The van der Waals surface area contributed by atoms with Crippen molar-refractivity contribution in [2.75, 3.05) is 12.4 Å². The van der Waals surface area contributed by atoms with Crippen LogP contribution in [0.1, 0.15) is 42.1 Å². The summed E-state index contributed by atoms with van der Waals surface area (Å²) in [7, 11) is 1.59. The van der Waals surface area contributed by atoms with Gasteiger partial charge in [0.05, 0.1) is 7.11 Å². The molecule has 0 spiro atoms. The summed E-state index contributed by atoms with van der Waals surface area (Å²) in [5.41, 5.74) is 2.63. The van der Waals surface area contributed by atoms with E-state index in [4.69, 9.17) is 4.74 Å². The fourth-order valence-corrected chi connectivity index (χ4v) is 2.22. The lowest BCUT2D eigenvalue weighted by molar-refractivity contribution is 0.102. The van der Waals surface area contributed by atoms with E-state index in [0.29, 0.717) is 17.2 Å². The quantitative estimate of drug-likeness (QED) is 0.879. The molecule has 0 radical (unpaired) electrons. The second kappa shape index (κ2) is 6.93. The van der Waals surface area contributed by atoms with Crippen LogP contribution in [0.25, 0.3) is 0 Å². The number of amides is 1. The Balaban J connectivity index is 2.23. The second-order valence-electron chi connectivity index (χ2n) is 5.08. The molecule has 2 aromatic rings. The Labute approximate surface area is 126 Å². The Hall–Kier alpha value is -2.29. The highest BCUT2D eigenvalue weighted by Gasteiger charge is 2.12. The van der Waals surface area contributed by atoms with Gasteiger partial charge in [-0.25, -0.2) is 0 Å². The minimum Gasteiger partial charge on any atom is -0.497 e. The maximum absolute atomic E-state index is 12.4. The molecule has 0 bridgehead atoms. The van der Waals surface area contributed by atoms with Crippen LogP contribution in [0.2, 0.25) is 0 Å². The molecule has 0 aliphatic heterocycles. The summed E-state index contributed by atoms with van der Waals surface area (Å²) >= 11 is 0. The zero-order valence-corrected chi connectivity index (χ0v) is 12.7. The van der Waals surface area contributed by atoms with E-state index < -0.39 is 0 Å². The first-order valence-corrected chi connectivity index (χ1v) is 7.20. The number of carbonyl (C=O) groups is 1. The zero-order valence-electron chi connectivity index (χ0n) is 12.7. The van der Waals surface area contributed by atoms with Gasteiger partial charge in [-0.2, -0.15) is 0 Å². The molecule has 0 aromatic heterocycles. The summed E-state index contributed by atoms with van der Waals surface area (Å²) in [6.45, 7) is 4.31. The molecule has 3 nitrogen and oxygen atoms in total. The normalized spacial score (nSPS) is 11.8. The first-order chi connectivity index (χ1) is 10.2. The second-order valence-corrected chi connectivity index (χ2v) is 5.08. The van der Waals surface area contributed by atoms with Gasteiger partial charge < -0.3 is 10.1 Å². The van der Waals surface area contributed by atoms with Gasteiger partial charge in [-0.1, -0.05) is 38.1 Å². The molecule has 1 amide bonds. The average Bonchev–Trinajstić information content (AvgIpc) is 2.54. The third-order valence-corrected chi connectivity index (χ3v) is 3.68. The van der Waals surface area contributed by atoms with E-state index in [1.165, 1.54) is 0 Å². The lowest BCUT2D eigenvalue weighted by Gasteiger charge is -2.15. The van der Waals surface area contributed by atoms with E-state index in [9.17, 15) is 4.79 Å². The Morgan fingerprint density at radius 1 is 1.19 bits per heavy atom. The lowest BCUT2D eigenvalue weighted by Crippen LogP contribution is -2.14. The Bertz CT molecular complexity index is 622. The number of nitrogens with one attached hydrogen (secondary N) is 1. The Morgan fingerprint density at radius 2 is 1.95 bits per heavy atom. The van der Waals surface area contributed by atoms with Crippen molar-refractivity contribution < 1.29 is 9.53 Å². The fraction of sp³-hybridized carbons (Fsp3) is 0.278. The first-order valence-electron chi connectivity index (χ1n) is 7.20. The molecule has 21 heavy (non-hydrogen) atoms. The van der Waals surface area contributed by atoms with Gasteiger partial charge in [0.1, 0.15) is 5.75 Å². The SMILES string of the molecule is CCC(C)c1ccccc1NC(=O)c1cccc(OC)c1. The zero-order chi connectivity index (χ0) is 15.2. The minimum absolute atomic E-state index is 0.121. The number of rotatable bonds is 5. The van der Waals surface area contributed by atoms with Crippen LogP contribution >= 0.6 is 0 Å². The molecule has 1 atom stereocenters. The van der Waals surface area contributed by atoms with Gasteiger partial charge in [-0.3, -0.25) is 4.79 Å². The predicted octanol–water partition coefficient (Wildman–Crippen LogP) is 4.46. The van der Waals surface area contributed by atoms with Gasteiger partial charge in [0.15, 0.2) is 0 Å². The van der Waals surface area contributed by atoms with E-state index in [1.807, 2.05) is 30.3 Å². The van der Waals surface area contributed by atoms with Crippen molar-refractivity contribution in [3.63, 3.8) is 0 Å². The molecule has 110 valence electrons. The number of benzene rings is 2. The summed E-state index contributed by atoms with van der Waals surface area (Å²) in [6, 6.07) is 15.1. The third-order valence-electron chi connectivity index (χ3n) is 3.68. The molecule has 0 aliphatic carbocycles. The molecule has 0 aliphatic rings. The Kier molecular flexibility index (Phi) is 4.99. The topological polar surface area (TPSA) is 38.3 Å². The lowest BCUT2D eigenvalue weighted by atomic mass is 9.97. The van der Waals surface area contributed by atoms with Gasteiger partial charge >= 0.3 is 0 Å². The van der Waals surface area contributed by atoms with Crippen LogP contribution < -0.4 is 10.1 Å². The minimum atomic E-state index is -0.121. The van der Waals surface area contributed by atoms with Gasteiger partial charge in [-0.05, 0) is 42.2 Å². The standard InChI is InChI=1S/C18H21NO2/c1-4-13(2)16-10-5-6-11-17(16)19-18(20)14-8-7-9-15(12-14)21-3/h5-13H,4H2,1-3H3,(H,19,20). The van der Waals surface area contributed by atoms with E-state index in [1.54, 1.807) is 19.2 Å². The largest absolute Gasteiger partial charge is 0.497 e. The fourth-order valence-electron chi connectivity index (χ4n) is 2.22. The van der Waals surface area contributed by atoms with Crippen molar-refractivity contribution in [1.82, 2.24) is 0 Å². The maximum atomic E-state index is 12.4. The molecule has 0 saturated carbocycles. The number of anilines is 1. The highest BCUT2D eigenvalue weighted by molar-refractivity contribution is 6.04. The monoisotopic (exact) mass is 283 g/mol. The van der Waals surface area contributed by atoms with E-state index in [0.717, 1.165) is 17.7 Å². The Morgan fingerprint density at radius 3 is 2.67 bits per heavy atom. The first kappa shape index (κ1) is 15.1. The molecule has 2 aromatic carbocycles. The molecule has 1 N–H and O–H groups in total. The van der Waals surface area contributed by atoms with Crippen LogP contribution in [0, 0.1) is 0 Å². The smallest absolute Gasteiger partial charge is 0.255 e. The average molecular weight is 283 g/mol. The van der Waals surface area contributed by atoms with Crippen LogP contribution in [-0.2, 0) is 0 Å². The molecular formula is C18H21NO2. The van der Waals surface area contributed by atoms with E-state index >= 15 is 0 Å². The van der Waals surface area contributed by atoms with Crippen molar-refractivity contribution in [2.45, 2.75) is 26.2 Å². The van der Waals surface area contributed by atoms with Crippen LogP contribution in [0.5, 0.6) is 5.75 Å². The maximum Gasteiger partial charge on any atom is 0.255 e. The van der Waals surface area contributed by atoms with Crippen LogP contribution in [-0.4, -0.2) is 13.0 Å². The predicted molar refractivity (Wildman–Crippen MR) is 86.1 cm³/mol. The van der Waals surface area contributed by atoms with Crippen LogP contribution in [0.3, 0.4) is 0 Å². The number of hydrogen-bond donors (Lipinski definition) is 1. The van der Waals surface area contributed by atoms with Crippen LogP contribution in [0.15, 0.2) is 48.5 Å². The van der Waals surface area contributed by atoms with Gasteiger partial charge in [0.2, 0.25) is 0 Å². The van der Waals surface area contributed by atoms with Crippen molar-refractivity contribution in [3.8, 4) is 5.75 Å². The van der Waals surface area contributed by atoms with Gasteiger partial charge in [-0.15, -0.1) is 0 Å². The van der Waals surface area contributed by atoms with E-state index in [-0.39, 0.29) is 5.91 Å². The summed E-state index contributed by atoms with van der Waals surface area (Å²) in [5.74, 6) is 0.967. The summed E-state index contributed by atoms with van der Waals surface area (Å²) in [4.78, 5) is 12.4. The van der Waals surface area contributed by atoms with Crippen molar-refractivity contribution in [3.05, 3.63) is 59.7 Å². The molecule has 2 rings (SSSR count). The molecule has 0 heterocycles. The summed E-state index contributed by atoms with van der Waals surface area (Å²) < 4.78 is 5.15. The van der Waals surface area contributed by atoms with Gasteiger partial charge in [0, 0.05) is 11.3 Å². The number of para-hydroxylation sites is 1. The number of ether oxygens (including phenoxy) is 1. The summed E-state index contributed by atoms with van der Waals surface area (Å²) in [5, 5.41) is 3.00. The number of methoxy groups -OCH3 is 1. The number of hydrogen-bond acceptors (Lipinski definition) is 2. The van der Waals surface area contributed by atoms with Gasteiger partial charge in [0.25, 0.3) is 5.91 Å². The summed E-state index contributed by atoms with van der Waals surface area (Å²) in [6.07, 6.45) is 1.03. The van der Waals surface area contributed by atoms with Crippen molar-refractivity contribution >= 4 is 11.6 Å². The van der Waals surface area contributed by atoms with Crippen molar-refractivity contribution in [1.29, 1.82) is 0 Å². The molecule has 0 fully saturated rings. The molecule has 1 unspecified atom stereocenters. The molecule has 0 saturated heterocycles. The van der Waals surface area contributed by atoms with Crippen molar-refractivity contribution in [2.24, 2.45) is 0 Å². The van der Waals surface area contributed by atoms with E-state index in [2.05, 4.69) is 25.2 Å². The molecule has 3 heteroatoms. The number of carbonyl (C=O) groups excluding carboxylic acids is 1. The third kappa shape index (κ3) is 3.63.